The number of benzene rings is 1. The van der Waals surface area contributed by atoms with Gasteiger partial charge in [0.15, 0.2) is 0 Å². The van der Waals surface area contributed by atoms with Gasteiger partial charge in [-0.3, -0.25) is 9.63 Å². The zero-order chi connectivity index (χ0) is 11.8. The number of primary amides is 1. The summed E-state index contributed by atoms with van der Waals surface area (Å²) in [6.07, 6.45) is 0. The van der Waals surface area contributed by atoms with E-state index in [9.17, 15) is 4.79 Å². The number of rotatable bonds is 7. The van der Waals surface area contributed by atoms with Crippen LogP contribution in [0.25, 0.3) is 0 Å². The fourth-order valence-corrected chi connectivity index (χ4v) is 1.13. The molecule has 0 heterocycles. The summed E-state index contributed by atoms with van der Waals surface area (Å²) in [6, 6.07) is 7.61. The van der Waals surface area contributed by atoms with E-state index in [0.717, 1.165) is 11.3 Å². The number of carbonyl (C=O) groups is 1. The summed E-state index contributed by atoms with van der Waals surface area (Å²) in [5.74, 6) is 0.337. The normalized spacial score (nSPS) is 10.1. The zero-order valence-electron chi connectivity index (χ0n) is 9.23. The Balaban J connectivity index is 2.29. The lowest BCUT2D eigenvalue weighted by Gasteiger charge is -2.06. The van der Waals surface area contributed by atoms with Gasteiger partial charge in [-0.15, -0.1) is 0 Å². The minimum atomic E-state index is -0.501. The van der Waals surface area contributed by atoms with Gasteiger partial charge in [0.2, 0.25) is 5.91 Å². The zero-order valence-corrected chi connectivity index (χ0v) is 9.23. The molecule has 0 aliphatic heterocycles. The van der Waals surface area contributed by atoms with Crippen molar-refractivity contribution in [2.45, 2.75) is 13.5 Å². The van der Waals surface area contributed by atoms with Crippen LogP contribution in [0, 0.1) is 0 Å². The molecule has 0 bridgehead atoms. The molecule has 0 aromatic heterocycles. The molecule has 5 nitrogen and oxygen atoms in total. The van der Waals surface area contributed by atoms with Crippen molar-refractivity contribution >= 4 is 5.91 Å². The van der Waals surface area contributed by atoms with E-state index >= 15 is 0 Å². The van der Waals surface area contributed by atoms with Crippen LogP contribution in [0.15, 0.2) is 24.3 Å². The van der Waals surface area contributed by atoms with Crippen LogP contribution in [-0.4, -0.2) is 19.1 Å². The predicted octanol–water partition coefficient (Wildman–Crippen LogP) is 0.592. The summed E-state index contributed by atoms with van der Waals surface area (Å²) < 4.78 is 5.31. The second-order valence-corrected chi connectivity index (χ2v) is 3.15. The summed E-state index contributed by atoms with van der Waals surface area (Å²) >= 11 is 0. The lowest BCUT2D eigenvalue weighted by atomic mass is 10.2. The quantitative estimate of drug-likeness (QED) is 0.525. The van der Waals surface area contributed by atoms with Crippen LogP contribution in [0.2, 0.25) is 0 Å². The van der Waals surface area contributed by atoms with Crippen molar-refractivity contribution < 1.29 is 14.4 Å². The van der Waals surface area contributed by atoms with Crippen LogP contribution >= 0.6 is 0 Å². The first-order valence-electron chi connectivity index (χ1n) is 5.07. The van der Waals surface area contributed by atoms with E-state index in [4.69, 9.17) is 15.3 Å². The van der Waals surface area contributed by atoms with Crippen LogP contribution in [0.3, 0.4) is 0 Å². The summed E-state index contributed by atoms with van der Waals surface area (Å²) in [7, 11) is 0. The largest absolute Gasteiger partial charge is 0.494 e. The number of nitrogens with one attached hydrogen (secondary N) is 1. The van der Waals surface area contributed by atoms with Crippen molar-refractivity contribution in [2.24, 2.45) is 5.73 Å². The van der Waals surface area contributed by atoms with Crippen molar-refractivity contribution in [2.75, 3.05) is 13.2 Å². The first-order valence-corrected chi connectivity index (χ1v) is 5.07. The molecule has 1 aromatic carbocycles. The Bertz CT molecular complexity index is 325. The highest BCUT2D eigenvalue weighted by Gasteiger charge is 1.96. The molecule has 0 atom stereocenters. The van der Waals surface area contributed by atoms with E-state index in [1.807, 2.05) is 31.2 Å². The number of nitrogens with two attached hydrogens (primary N) is 1. The van der Waals surface area contributed by atoms with Crippen molar-refractivity contribution in [3.63, 3.8) is 0 Å². The Morgan fingerprint density at radius 3 is 2.62 bits per heavy atom. The van der Waals surface area contributed by atoms with E-state index < -0.39 is 5.91 Å². The van der Waals surface area contributed by atoms with E-state index in [2.05, 4.69) is 5.48 Å². The molecule has 5 heteroatoms. The molecule has 0 fully saturated rings. The second kappa shape index (κ2) is 6.81. The molecule has 0 saturated heterocycles. The van der Waals surface area contributed by atoms with E-state index in [1.165, 1.54) is 0 Å². The molecule has 0 aliphatic carbocycles. The topological polar surface area (TPSA) is 73.6 Å². The average molecular weight is 224 g/mol. The molecular formula is C11H16N2O3. The molecule has 88 valence electrons. The lowest BCUT2D eigenvalue weighted by Crippen LogP contribution is -2.24. The van der Waals surface area contributed by atoms with Gasteiger partial charge in [-0.2, -0.15) is 5.48 Å². The molecule has 0 aliphatic rings. The first-order chi connectivity index (χ1) is 7.72. The van der Waals surface area contributed by atoms with Crippen molar-refractivity contribution in [1.82, 2.24) is 5.48 Å². The fraction of sp³-hybridized carbons (Fsp3) is 0.364. The number of amides is 1. The van der Waals surface area contributed by atoms with Crippen LogP contribution in [0.4, 0.5) is 0 Å². The minimum absolute atomic E-state index is 0.128. The van der Waals surface area contributed by atoms with Gasteiger partial charge in [0.1, 0.15) is 12.4 Å². The van der Waals surface area contributed by atoms with Gasteiger partial charge in [-0.05, 0) is 24.6 Å². The molecule has 16 heavy (non-hydrogen) atoms. The number of ether oxygens (including phenoxy) is 1. The Morgan fingerprint density at radius 2 is 2.06 bits per heavy atom. The molecule has 0 spiro atoms. The third-order valence-corrected chi connectivity index (χ3v) is 1.83. The minimum Gasteiger partial charge on any atom is -0.494 e. The smallest absolute Gasteiger partial charge is 0.245 e. The van der Waals surface area contributed by atoms with Crippen LogP contribution in [0.5, 0.6) is 5.75 Å². The Hall–Kier alpha value is -1.59. The maximum atomic E-state index is 10.4. The van der Waals surface area contributed by atoms with Crippen molar-refractivity contribution in [3.05, 3.63) is 29.8 Å². The maximum Gasteiger partial charge on any atom is 0.245 e. The van der Waals surface area contributed by atoms with Gasteiger partial charge in [0, 0.05) is 6.54 Å². The van der Waals surface area contributed by atoms with Gasteiger partial charge in [-0.25, -0.2) is 0 Å². The summed E-state index contributed by atoms with van der Waals surface area (Å²) in [4.78, 5) is 15.2. The highest BCUT2D eigenvalue weighted by molar-refractivity contribution is 5.74. The van der Waals surface area contributed by atoms with Gasteiger partial charge in [0.05, 0.1) is 6.61 Å². The maximum absolute atomic E-state index is 10.4. The van der Waals surface area contributed by atoms with E-state index in [0.29, 0.717) is 13.2 Å². The van der Waals surface area contributed by atoms with Gasteiger partial charge < -0.3 is 10.5 Å². The number of hydroxylamine groups is 1. The molecule has 1 rings (SSSR count). The fourth-order valence-electron chi connectivity index (χ4n) is 1.13. The number of hydrogen-bond acceptors (Lipinski definition) is 4. The van der Waals surface area contributed by atoms with Gasteiger partial charge >= 0.3 is 0 Å². The summed E-state index contributed by atoms with van der Waals surface area (Å²) in [6.45, 7) is 2.98. The molecule has 1 aromatic rings. The Morgan fingerprint density at radius 1 is 1.38 bits per heavy atom. The summed E-state index contributed by atoms with van der Waals surface area (Å²) in [5, 5.41) is 0. The van der Waals surface area contributed by atoms with E-state index in [-0.39, 0.29) is 6.61 Å². The SMILES string of the molecule is CCOc1ccc(CNOCC(N)=O)cc1. The van der Waals surface area contributed by atoms with Crippen molar-refractivity contribution in [1.29, 1.82) is 0 Å². The van der Waals surface area contributed by atoms with E-state index in [1.54, 1.807) is 0 Å². The van der Waals surface area contributed by atoms with Crippen LogP contribution in [-0.2, 0) is 16.2 Å². The lowest BCUT2D eigenvalue weighted by molar-refractivity contribution is -0.125. The predicted molar refractivity (Wildman–Crippen MR) is 59.6 cm³/mol. The van der Waals surface area contributed by atoms with Crippen LogP contribution in [0.1, 0.15) is 12.5 Å². The van der Waals surface area contributed by atoms with Gasteiger partial charge in [0.25, 0.3) is 0 Å². The molecule has 3 N–H and O–H groups in total. The first kappa shape index (κ1) is 12.5. The Labute approximate surface area is 94.5 Å². The van der Waals surface area contributed by atoms with Gasteiger partial charge in [-0.1, -0.05) is 12.1 Å². The third kappa shape index (κ3) is 4.77. The highest BCUT2D eigenvalue weighted by Crippen LogP contribution is 2.11. The number of carbonyl (C=O) groups excluding carboxylic acids is 1. The molecule has 0 radical (unpaired) electrons. The molecular weight excluding hydrogens is 208 g/mol. The third-order valence-electron chi connectivity index (χ3n) is 1.83. The standard InChI is InChI=1S/C11H16N2O3/c1-2-15-10-5-3-9(4-6-10)7-13-16-8-11(12)14/h3-6,13H,2,7-8H2,1H3,(H2,12,14). The molecule has 1 amide bonds. The second-order valence-electron chi connectivity index (χ2n) is 3.15. The van der Waals surface area contributed by atoms with Crippen LogP contribution < -0.4 is 16.0 Å². The monoisotopic (exact) mass is 224 g/mol. The summed E-state index contributed by atoms with van der Waals surface area (Å²) in [5.41, 5.74) is 8.58. The molecule has 0 saturated carbocycles. The number of hydrogen-bond donors (Lipinski definition) is 2. The Kier molecular flexibility index (Phi) is 5.31. The van der Waals surface area contributed by atoms with Crippen molar-refractivity contribution in [3.8, 4) is 5.75 Å². The highest BCUT2D eigenvalue weighted by atomic mass is 16.6. The average Bonchev–Trinajstić information content (AvgIpc) is 2.27. The molecule has 0 unspecified atom stereocenters.